The lowest BCUT2D eigenvalue weighted by Crippen LogP contribution is -2.21. The lowest BCUT2D eigenvalue weighted by molar-refractivity contribution is -0.119. The molecule has 0 fully saturated rings. The second-order valence-corrected chi connectivity index (χ2v) is 5.16. The minimum absolute atomic E-state index is 0.160. The average Bonchev–Trinajstić information content (AvgIpc) is 2.53. The first-order valence-electron chi connectivity index (χ1n) is 6.41. The number of carbonyl (C=O) groups excluding carboxylic acids is 2. The van der Waals surface area contributed by atoms with Gasteiger partial charge in [-0.1, -0.05) is 23.2 Å². The molecule has 0 aliphatic rings. The number of hydrogen-bond acceptors (Lipinski definition) is 5. The van der Waals surface area contributed by atoms with Crippen LogP contribution in [-0.2, 0) is 9.53 Å². The molecule has 1 aromatic heterocycles. The van der Waals surface area contributed by atoms with E-state index in [-0.39, 0.29) is 10.7 Å². The molecule has 0 aliphatic heterocycles. The van der Waals surface area contributed by atoms with Crippen molar-refractivity contribution in [3.8, 4) is 5.75 Å². The van der Waals surface area contributed by atoms with Gasteiger partial charge in [0.05, 0.1) is 18.4 Å². The molecular formula is C15H12Cl2N2O4. The number of anilines is 1. The molecule has 0 spiro atoms. The molecule has 6 nitrogen and oxygen atoms in total. The highest BCUT2D eigenvalue weighted by Gasteiger charge is 2.13. The van der Waals surface area contributed by atoms with Gasteiger partial charge in [0.2, 0.25) is 0 Å². The van der Waals surface area contributed by atoms with E-state index in [1.54, 1.807) is 12.1 Å². The Morgan fingerprint density at radius 2 is 2.00 bits per heavy atom. The molecule has 0 aliphatic carbocycles. The molecule has 0 atom stereocenters. The maximum atomic E-state index is 11.9. The van der Waals surface area contributed by atoms with Crippen molar-refractivity contribution in [2.75, 3.05) is 19.0 Å². The minimum Gasteiger partial charge on any atom is -0.495 e. The molecule has 1 N–H and O–H groups in total. The van der Waals surface area contributed by atoms with E-state index in [9.17, 15) is 9.59 Å². The predicted octanol–water partition coefficient (Wildman–Crippen LogP) is 3.19. The Morgan fingerprint density at radius 3 is 2.70 bits per heavy atom. The zero-order chi connectivity index (χ0) is 16.8. The van der Waals surface area contributed by atoms with E-state index < -0.39 is 18.5 Å². The molecule has 1 amide bonds. The van der Waals surface area contributed by atoms with Gasteiger partial charge in [-0.05, 0) is 30.3 Å². The van der Waals surface area contributed by atoms with Crippen molar-refractivity contribution in [3.63, 3.8) is 0 Å². The third kappa shape index (κ3) is 4.84. The number of hydrogen-bond donors (Lipinski definition) is 1. The van der Waals surface area contributed by atoms with Crippen LogP contribution in [-0.4, -0.2) is 30.6 Å². The van der Waals surface area contributed by atoms with Gasteiger partial charge < -0.3 is 14.8 Å². The first-order chi connectivity index (χ1) is 11.0. The van der Waals surface area contributed by atoms with Crippen molar-refractivity contribution >= 4 is 40.8 Å². The Balaban J connectivity index is 1.95. The number of halogens is 2. The van der Waals surface area contributed by atoms with E-state index in [4.69, 9.17) is 32.7 Å². The summed E-state index contributed by atoms with van der Waals surface area (Å²) in [5.41, 5.74) is 0.589. The number of nitrogens with one attached hydrogen (secondary N) is 1. The summed E-state index contributed by atoms with van der Waals surface area (Å²) >= 11 is 11.6. The fourth-order valence-electron chi connectivity index (χ4n) is 1.71. The smallest absolute Gasteiger partial charge is 0.338 e. The van der Waals surface area contributed by atoms with Crippen molar-refractivity contribution in [2.45, 2.75) is 0 Å². The van der Waals surface area contributed by atoms with E-state index in [2.05, 4.69) is 10.3 Å². The van der Waals surface area contributed by atoms with E-state index >= 15 is 0 Å². The molecule has 23 heavy (non-hydrogen) atoms. The molecule has 2 rings (SSSR count). The average molecular weight is 355 g/mol. The minimum atomic E-state index is -0.678. The van der Waals surface area contributed by atoms with Gasteiger partial charge in [-0.25, -0.2) is 9.78 Å². The third-order valence-electron chi connectivity index (χ3n) is 2.73. The molecule has 0 saturated carbocycles. The number of aromatic nitrogens is 1. The summed E-state index contributed by atoms with van der Waals surface area (Å²) in [6.07, 6.45) is 1.37. The summed E-state index contributed by atoms with van der Waals surface area (Å²) in [4.78, 5) is 27.4. The van der Waals surface area contributed by atoms with Crippen molar-refractivity contribution in [2.24, 2.45) is 0 Å². The number of rotatable bonds is 5. The quantitative estimate of drug-likeness (QED) is 0.658. The maximum absolute atomic E-state index is 11.9. The van der Waals surface area contributed by atoms with Gasteiger partial charge in [-0.2, -0.15) is 0 Å². The van der Waals surface area contributed by atoms with Crippen LogP contribution in [0.1, 0.15) is 10.4 Å². The van der Waals surface area contributed by atoms with E-state index in [1.165, 1.54) is 31.5 Å². The molecule has 1 heterocycles. The van der Waals surface area contributed by atoms with Crippen molar-refractivity contribution in [1.82, 2.24) is 4.98 Å². The summed E-state index contributed by atoms with van der Waals surface area (Å²) in [6, 6.07) is 7.56. The monoisotopic (exact) mass is 354 g/mol. The van der Waals surface area contributed by atoms with Gasteiger partial charge in [0, 0.05) is 11.2 Å². The standard InChI is InChI=1S/C15H12Cl2N2O4/c1-22-12-3-2-10(16)7-11(12)19-14(20)8-23-15(21)9-4-5-18-13(17)6-9/h2-7H,8H2,1H3,(H,19,20). The van der Waals surface area contributed by atoms with Crippen molar-refractivity contribution in [3.05, 3.63) is 52.3 Å². The lowest BCUT2D eigenvalue weighted by Gasteiger charge is -2.10. The second kappa shape index (κ2) is 7.80. The van der Waals surface area contributed by atoms with Gasteiger partial charge in [0.1, 0.15) is 10.9 Å². The molecule has 0 bridgehead atoms. The van der Waals surface area contributed by atoms with Gasteiger partial charge in [0.15, 0.2) is 6.61 Å². The summed E-state index contributed by atoms with van der Waals surface area (Å²) in [5.74, 6) is -0.767. The Bertz CT molecular complexity index is 737. The summed E-state index contributed by atoms with van der Waals surface area (Å²) in [5, 5.41) is 3.15. The van der Waals surface area contributed by atoms with Gasteiger partial charge >= 0.3 is 5.97 Å². The van der Waals surface area contributed by atoms with Crippen LogP contribution in [0.5, 0.6) is 5.75 Å². The zero-order valence-electron chi connectivity index (χ0n) is 12.0. The number of methoxy groups -OCH3 is 1. The molecule has 8 heteroatoms. The Hall–Kier alpha value is -2.31. The zero-order valence-corrected chi connectivity index (χ0v) is 13.5. The summed E-state index contributed by atoms with van der Waals surface area (Å²) < 4.78 is 10.0. The van der Waals surface area contributed by atoms with Crippen molar-refractivity contribution < 1.29 is 19.1 Å². The van der Waals surface area contributed by atoms with E-state index in [0.29, 0.717) is 16.5 Å². The van der Waals surface area contributed by atoms with Gasteiger partial charge in [0.25, 0.3) is 5.91 Å². The van der Waals surface area contributed by atoms with Gasteiger partial charge in [-0.15, -0.1) is 0 Å². The molecule has 1 aromatic carbocycles. The van der Waals surface area contributed by atoms with Crippen LogP contribution in [0, 0.1) is 0 Å². The molecule has 120 valence electrons. The normalized spacial score (nSPS) is 10.0. The third-order valence-corrected chi connectivity index (χ3v) is 3.17. The number of benzene rings is 1. The highest BCUT2D eigenvalue weighted by atomic mass is 35.5. The Kier molecular flexibility index (Phi) is 5.78. The van der Waals surface area contributed by atoms with Crippen LogP contribution >= 0.6 is 23.2 Å². The number of ether oxygens (including phenoxy) is 2. The molecule has 0 radical (unpaired) electrons. The first kappa shape index (κ1) is 17.1. The van der Waals surface area contributed by atoms with Crippen LogP contribution in [0.25, 0.3) is 0 Å². The largest absolute Gasteiger partial charge is 0.495 e. The number of amides is 1. The topological polar surface area (TPSA) is 77.5 Å². The van der Waals surface area contributed by atoms with Crippen LogP contribution in [0.15, 0.2) is 36.5 Å². The number of pyridine rings is 1. The van der Waals surface area contributed by atoms with E-state index in [1.807, 2.05) is 0 Å². The SMILES string of the molecule is COc1ccc(Cl)cc1NC(=O)COC(=O)c1ccnc(Cl)c1. The molecule has 2 aromatic rings. The fourth-order valence-corrected chi connectivity index (χ4v) is 2.05. The van der Waals surface area contributed by atoms with Crippen LogP contribution in [0.3, 0.4) is 0 Å². The van der Waals surface area contributed by atoms with Crippen LogP contribution in [0.4, 0.5) is 5.69 Å². The maximum Gasteiger partial charge on any atom is 0.338 e. The molecule has 0 unspecified atom stereocenters. The lowest BCUT2D eigenvalue weighted by atomic mass is 10.3. The summed E-state index contributed by atoms with van der Waals surface area (Å²) in [6.45, 7) is -0.464. The Labute approximate surface area is 142 Å². The Morgan fingerprint density at radius 1 is 1.22 bits per heavy atom. The highest BCUT2D eigenvalue weighted by Crippen LogP contribution is 2.27. The fraction of sp³-hybridized carbons (Fsp3) is 0.133. The van der Waals surface area contributed by atoms with E-state index in [0.717, 1.165) is 0 Å². The summed E-state index contributed by atoms with van der Waals surface area (Å²) in [7, 11) is 1.46. The van der Waals surface area contributed by atoms with Crippen LogP contribution in [0.2, 0.25) is 10.2 Å². The number of carbonyl (C=O) groups is 2. The molecular weight excluding hydrogens is 343 g/mol. The first-order valence-corrected chi connectivity index (χ1v) is 7.17. The molecule has 0 saturated heterocycles. The number of nitrogens with zero attached hydrogens (tertiary/aromatic N) is 1. The predicted molar refractivity (Wildman–Crippen MR) is 86.2 cm³/mol. The highest BCUT2D eigenvalue weighted by molar-refractivity contribution is 6.31. The van der Waals surface area contributed by atoms with Crippen LogP contribution < -0.4 is 10.1 Å². The van der Waals surface area contributed by atoms with Gasteiger partial charge in [-0.3, -0.25) is 4.79 Å². The number of esters is 1. The van der Waals surface area contributed by atoms with Crippen molar-refractivity contribution in [1.29, 1.82) is 0 Å². The second-order valence-electron chi connectivity index (χ2n) is 4.34.